The van der Waals surface area contributed by atoms with Crippen LogP contribution in [0, 0.1) is 0 Å². The zero-order valence-electron chi connectivity index (χ0n) is 10.9. The first kappa shape index (κ1) is 14.0. The van der Waals surface area contributed by atoms with Gasteiger partial charge in [-0.3, -0.25) is 10.1 Å². The van der Waals surface area contributed by atoms with Gasteiger partial charge in [-0.1, -0.05) is 37.2 Å². The summed E-state index contributed by atoms with van der Waals surface area (Å²) in [6.45, 7) is 5.87. The molecule has 1 heterocycles. The van der Waals surface area contributed by atoms with Gasteiger partial charge >= 0.3 is 0 Å². The molecule has 18 heavy (non-hydrogen) atoms. The smallest absolute Gasteiger partial charge is 0.258 e. The molecule has 2 rings (SSSR count). The largest absolute Gasteiger partial charge is 0.339 e. The Morgan fingerprint density at radius 2 is 1.94 bits per heavy atom. The molecule has 0 aliphatic carbocycles. The van der Waals surface area contributed by atoms with Crippen molar-refractivity contribution in [1.82, 2.24) is 5.32 Å². The van der Waals surface area contributed by atoms with Gasteiger partial charge < -0.3 is 4.84 Å². The van der Waals surface area contributed by atoms with Crippen molar-refractivity contribution in [3.8, 4) is 0 Å². The highest BCUT2D eigenvalue weighted by Crippen LogP contribution is 2.07. The van der Waals surface area contributed by atoms with Gasteiger partial charge in [0.1, 0.15) is 0 Å². The molecule has 0 atom stereocenters. The molecule has 0 radical (unpaired) electrons. The van der Waals surface area contributed by atoms with Crippen molar-refractivity contribution in [3.63, 3.8) is 0 Å². The topological polar surface area (TPSA) is 50.7 Å². The SMILES string of the molecule is CC.CC1=NOC(NC(=O)c2ccccc2)=CC1. The van der Waals surface area contributed by atoms with Crippen molar-refractivity contribution in [1.29, 1.82) is 0 Å². The van der Waals surface area contributed by atoms with Crippen molar-refractivity contribution in [3.05, 3.63) is 47.9 Å². The fraction of sp³-hybridized carbons (Fsp3) is 0.286. The van der Waals surface area contributed by atoms with Gasteiger partial charge in [0, 0.05) is 12.0 Å². The Balaban J connectivity index is 0.000000771. The molecule has 0 saturated carbocycles. The van der Waals surface area contributed by atoms with Crippen LogP contribution in [0.25, 0.3) is 0 Å². The van der Waals surface area contributed by atoms with Gasteiger partial charge in [-0.05, 0) is 25.1 Å². The Bertz CT molecular complexity index is 450. The van der Waals surface area contributed by atoms with Crippen LogP contribution in [0.3, 0.4) is 0 Å². The Kier molecular flexibility index (Phi) is 5.64. The summed E-state index contributed by atoms with van der Waals surface area (Å²) >= 11 is 0. The first-order chi connectivity index (χ1) is 8.75. The van der Waals surface area contributed by atoms with E-state index >= 15 is 0 Å². The molecule has 1 aromatic rings. The van der Waals surface area contributed by atoms with E-state index in [4.69, 9.17) is 4.84 Å². The monoisotopic (exact) mass is 246 g/mol. The summed E-state index contributed by atoms with van der Waals surface area (Å²) in [5.74, 6) is 0.195. The lowest BCUT2D eigenvalue weighted by Crippen LogP contribution is -2.24. The molecular weight excluding hydrogens is 228 g/mol. The summed E-state index contributed by atoms with van der Waals surface area (Å²) in [4.78, 5) is 16.7. The molecule has 4 nitrogen and oxygen atoms in total. The van der Waals surface area contributed by atoms with Crippen LogP contribution in [0.2, 0.25) is 0 Å². The summed E-state index contributed by atoms with van der Waals surface area (Å²) in [6.07, 6.45) is 2.49. The minimum absolute atomic E-state index is 0.193. The Morgan fingerprint density at radius 1 is 1.28 bits per heavy atom. The number of amides is 1. The van der Waals surface area contributed by atoms with Crippen LogP contribution in [0.1, 0.15) is 37.6 Å². The van der Waals surface area contributed by atoms with E-state index < -0.39 is 0 Å². The van der Waals surface area contributed by atoms with Gasteiger partial charge in [-0.15, -0.1) is 0 Å². The second-order valence-corrected chi connectivity index (χ2v) is 3.51. The number of oxime groups is 1. The van der Waals surface area contributed by atoms with E-state index in [1.807, 2.05) is 39.0 Å². The molecule has 1 aromatic carbocycles. The average molecular weight is 246 g/mol. The van der Waals surface area contributed by atoms with E-state index in [1.165, 1.54) is 0 Å². The maximum Gasteiger partial charge on any atom is 0.258 e. The maximum absolute atomic E-state index is 11.7. The number of hydrogen-bond donors (Lipinski definition) is 1. The Hall–Kier alpha value is -2.10. The second kappa shape index (κ2) is 7.27. The zero-order valence-corrected chi connectivity index (χ0v) is 10.9. The van der Waals surface area contributed by atoms with Crippen LogP contribution in [0.4, 0.5) is 0 Å². The number of carbonyl (C=O) groups excluding carboxylic acids is 1. The van der Waals surface area contributed by atoms with Crippen LogP contribution >= 0.6 is 0 Å². The lowest BCUT2D eigenvalue weighted by molar-refractivity contribution is 0.0918. The summed E-state index contributed by atoms with van der Waals surface area (Å²) in [5.41, 5.74) is 1.48. The first-order valence-electron chi connectivity index (χ1n) is 6.03. The molecule has 1 amide bonds. The highest BCUT2D eigenvalue weighted by Gasteiger charge is 2.10. The van der Waals surface area contributed by atoms with Gasteiger partial charge in [-0.2, -0.15) is 0 Å². The van der Waals surface area contributed by atoms with Crippen molar-refractivity contribution < 1.29 is 9.63 Å². The van der Waals surface area contributed by atoms with Gasteiger partial charge in [-0.25, -0.2) is 0 Å². The average Bonchev–Trinajstić information content (AvgIpc) is 2.44. The minimum atomic E-state index is -0.193. The van der Waals surface area contributed by atoms with Gasteiger partial charge in [0.2, 0.25) is 5.88 Å². The van der Waals surface area contributed by atoms with E-state index in [0.29, 0.717) is 17.9 Å². The van der Waals surface area contributed by atoms with Crippen LogP contribution < -0.4 is 5.32 Å². The third-order valence-corrected chi connectivity index (χ3v) is 2.16. The minimum Gasteiger partial charge on any atom is -0.339 e. The highest BCUT2D eigenvalue weighted by molar-refractivity contribution is 5.95. The van der Waals surface area contributed by atoms with E-state index in [-0.39, 0.29) is 5.91 Å². The molecular formula is C14H18N2O2. The molecule has 0 saturated heterocycles. The molecule has 96 valence electrons. The maximum atomic E-state index is 11.7. The second-order valence-electron chi connectivity index (χ2n) is 3.51. The van der Waals surface area contributed by atoms with Gasteiger partial charge in [0.15, 0.2) is 0 Å². The summed E-state index contributed by atoms with van der Waals surface area (Å²) < 4.78 is 0. The molecule has 0 fully saturated rings. The molecule has 0 bridgehead atoms. The van der Waals surface area contributed by atoms with Crippen molar-refractivity contribution in [2.24, 2.45) is 5.16 Å². The van der Waals surface area contributed by atoms with Crippen LogP contribution in [-0.2, 0) is 4.84 Å². The predicted octanol–water partition coefficient (Wildman–Crippen LogP) is 3.08. The van der Waals surface area contributed by atoms with Gasteiger partial charge in [0.25, 0.3) is 5.91 Å². The van der Waals surface area contributed by atoms with E-state index in [1.54, 1.807) is 18.2 Å². The molecule has 1 aliphatic heterocycles. The molecule has 0 unspecified atom stereocenters. The predicted molar refractivity (Wildman–Crippen MR) is 72.2 cm³/mol. The lowest BCUT2D eigenvalue weighted by Gasteiger charge is -2.11. The number of carbonyl (C=O) groups is 1. The van der Waals surface area contributed by atoms with Gasteiger partial charge in [0.05, 0.1) is 5.71 Å². The molecule has 1 aliphatic rings. The number of rotatable bonds is 2. The van der Waals surface area contributed by atoms with E-state index in [2.05, 4.69) is 10.5 Å². The quantitative estimate of drug-likeness (QED) is 0.871. The van der Waals surface area contributed by atoms with Crippen molar-refractivity contribution in [2.45, 2.75) is 27.2 Å². The molecule has 1 N–H and O–H groups in total. The number of benzene rings is 1. The first-order valence-corrected chi connectivity index (χ1v) is 6.03. The van der Waals surface area contributed by atoms with E-state index in [0.717, 1.165) is 5.71 Å². The van der Waals surface area contributed by atoms with Crippen LogP contribution in [-0.4, -0.2) is 11.6 Å². The van der Waals surface area contributed by atoms with Crippen molar-refractivity contribution in [2.75, 3.05) is 0 Å². The third kappa shape index (κ3) is 4.05. The van der Waals surface area contributed by atoms with E-state index in [9.17, 15) is 4.79 Å². The summed E-state index contributed by atoms with van der Waals surface area (Å²) in [6, 6.07) is 8.97. The molecule has 0 spiro atoms. The van der Waals surface area contributed by atoms with Crippen molar-refractivity contribution >= 4 is 11.6 Å². The lowest BCUT2D eigenvalue weighted by atomic mass is 10.2. The summed E-state index contributed by atoms with van der Waals surface area (Å²) in [5, 5.41) is 6.44. The number of allylic oxidation sites excluding steroid dienone is 1. The fourth-order valence-electron chi connectivity index (χ4n) is 1.29. The number of nitrogens with one attached hydrogen (secondary N) is 1. The Morgan fingerprint density at radius 3 is 2.50 bits per heavy atom. The van der Waals surface area contributed by atoms with Crippen LogP contribution in [0.5, 0.6) is 0 Å². The highest BCUT2D eigenvalue weighted by atomic mass is 16.6. The fourth-order valence-corrected chi connectivity index (χ4v) is 1.29. The zero-order chi connectivity index (χ0) is 13.4. The Labute approximate surface area is 107 Å². The summed E-state index contributed by atoms with van der Waals surface area (Å²) in [7, 11) is 0. The number of nitrogens with zero attached hydrogens (tertiary/aromatic N) is 1. The standard InChI is InChI=1S/C12H12N2O2.C2H6/c1-9-7-8-11(16-14-9)13-12(15)10-5-3-2-4-6-10;1-2/h2-6,8H,7H2,1H3,(H,13,15);1-2H3. The number of hydrogen-bond acceptors (Lipinski definition) is 3. The third-order valence-electron chi connectivity index (χ3n) is 2.16. The molecule has 0 aromatic heterocycles. The normalized spacial score (nSPS) is 13.3. The molecule has 4 heteroatoms. The van der Waals surface area contributed by atoms with Crippen LogP contribution in [0.15, 0.2) is 47.4 Å².